The lowest BCUT2D eigenvalue weighted by molar-refractivity contribution is -0.107. The van der Waals surface area contributed by atoms with Gasteiger partial charge < -0.3 is 4.79 Å². The molecule has 2 rings (SSSR count). The van der Waals surface area contributed by atoms with Crippen LogP contribution in [0.25, 0.3) is 0 Å². The molecule has 0 atom stereocenters. The van der Waals surface area contributed by atoms with Crippen LogP contribution in [0, 0.1) is 0 Å². The van der Waals surface area contributed by atoms with Gasteiger partial charge in [-0.15, -0.1) is 0 Å². The van der Waals surface area contributed by atoms with E-state index in [0.717, 1.165) is 21.6 Å². The van der Waals surface area contributed by atoms with E-state index in [-0.39, 0.29) is 0 Å². The van der Waals surface area contributed by atoms with Crippen molar-refractivity contribution in [2.24, 2.45) is 0 Å². The van der Waals surface area contributed by atoms with Crippen LogP contribution in [-0.2, 0) is 11.2 Å². The highest BCUT2D eigenvalue weighted by Gasteiger charge is 2.02. The molecule has 0 heterocycles. The Bertz CT molecular complexity index is 552. The molecule has 0 aromatic heterocycles. The molecule has 0 amide bonds. The first-order chi connectivity index (χ1) is 8.69. The van der Waals surface area contributed by atoms with Gasteiger partial charge in [0.15, 0.2) is 0 Å². The molecule has 0 aliphatic heterocycles. The first kappa shape index (κ1) is 13.5. The summed E-state index contributed by atoms with van der Waals surface area (Å²) >= 11 is 13.4. The molecular formula is C14H10Cl2OS. The Morgan fingerprint density at radius 1 is 0.944 bits per heavy atom. The van der Waals surface area contributed by atoms with Gasteiger partial charge in [-0.05, 0) is 35.9 Å². The summed E-state index contributed by atoms with van der Waals surface area (Å²) in [6.45, 7) is 0. The number of halogens is 2. The second-order valence-corrected chi connectivity index (χ2v) is 5.65. The van der Waals surface area contributed by atoms with Gasteiger partial charge in [-0.1, -0.05) is 47.1 Å². The van der Waals surface area contributed by atoms with Crippen LogP contribution in [0.1, 0.15) is 5.56 Å². The summed E-state index contributed by atoms with van der Waals surface area (Å²) in [6, 6.07) is 13.4. The highest BCUT2D eigenvalue weighted by atomic mass is 35.5. The van der Waals surface area contributed by atoms with Crippen LogP contribution < -0.4 is 0 Å². The van der Waals surface area contributed by atoms with Crippen molar-refractivity contribution < 1.29 is 4.79 Å². The molecule has 0 aliphatic rings. The molecule has 0 radical (unpaired) electrons. The third-order valence-corrected chi connectivity index (χ3v) is 4.11. The van der Waals surface area contributed by atoms with E-state index < -0.39 is 0 Å². The summed E-state index contributed by atoms with van der Waals surface area (Å²) in [5.74, 6) is 0. The molecule has 0 fully saturated rings. The number of carbonyl (C=O) groups excluding carboxylic acids is 1. The summed E-state index contributed by atoms with van der Waals surface area (Å²) in [4.78, 5) is 12.5. The number of aldehydes is 1. The predicted molar refractivity (Wildman–Crippen MR) is 76.8 cm³/mol. The fraction of sp³-hybridized carbons (Fsp3) is 0.0714. The molecule has 0 bridgehead atoms. The average molecular weight is 297 g/mol. The fourth-order valence-electron chi connectivity index (χ4n) is 1.47. The van der Waals surface area contributed by atoms with Crippen molar-refractivity contribution >= 4 is 41.2 Å². The molecule has 0 saturated heterocycles. The van der Waals surface area contributed by atoms with Crippen molar-refractivity contribution in [1.82, 2.24) is 0 Å². The number of rotatable bonds is 4. The third kappa shape index (κ3) is 3.52. The van der Waals surface area contributed by atoms with Crippen molar-refractivity contribution in [2.75, 3.05) is 0 Å². The fourth-order valence-corrected chi connectivity index (χ4v) is 2.69. The second-order valence-electron chi connectivity index (χ2n) is 3.69. The van der Waals surface area contributed by atoms with E-state index in [0.29, 0.717) is 16.5 Å². The summed E-state index contributed by atoms with van der Waals surface area (Å²) in [5.41, 5.74) is 1.02. The van der Waals surface area contributed by atoms with Gasteiger partial charge in [0.05, 0.1) is 10.0 Å². The average Bonchev–Trinajstić information content (AvgIpc) is 2.37. The van der Waals surface area contributed by atoms with Gasteiger partial charge in [0, 0.05) is 16.2 Å². The Kier molecular flexibility index (Phi) is 4.70. The largest absolute Gasteiger partial charge is 0.303 e. The van der Waals surface area contributed by atoms with Gasteiger partial charge in [-0.2, -0.15) is 0 Å². The lowest BCUT2D eigenvalue weighted by Gasteiger charge is -2.04. The Morgan fingerprint density at radius 2 is 1.61 bits per heavy atom. The minimum atomic E-state index is 0.456. The molecular weight excluding hydrogens is 287 g/mol. The SMILES string of the molecule is O=CCc1ccc(Sc2ccc(Cl)c(Cl)c2)cc1. The van der Waals surface area contributed by atoms with E-state index in [1.54, 1.807) is 17.8 Å². The first-order valence-electron chi connectivity index (χ1n) is 5.34. The molecule has 0 N–H and O–H groups in total. The number of benzene rings is 2. The zero-order valence-corrected chi connectivity index (χ0v) is 11.7. The zero-order chi connectivity index (χ0) is 13.0. The molecule has 18 heavy (non-hydrogen) atoms. The Hall–Kier alpha value is -0.960. The summed E-state index contributed by atoms with van der Waals surface area (Å²) in [5, 5.41) is 1.11. The summed E-state index contributed by atoms with van der Waals surface area (Å²) < 4.78 is 0. The lowest BCUT2D eigenvalue weighted by Crippen LogP contribution is -1.84. The normalized spacial score (nSPS) is 10.3. The topological polar surface area (TPSA) is 17.1 Å². The minimum absolute atomic E-state index is 0.456. The highest BCUT2D eigenvalue weighted by molar-refractivity contribution is 7.99. The van der Waals surface area contributed by atoms with Crippen molar-refractivity contribution in [1.29, 1.82) is 0 Å². The monoisotopic (exact) mass is 296 g/mol. The Balaban J connectivity index is 2.13. The van der Waals surface area contributed by atoms with Crippen LogP contribution in [0.5, 0.6) is 0 Å². The smallest absolute Gasteiger partial charge is 0.124 e. The van der Waals surface area contributed by atoms with E-state index in [1.165, 1.54) is 0 Å². The van der Waals surface area contributed by atoms with Crippen LogP contribution >= 0.6 is 35.0 Å². The van der Waals surface area contributed by atoms with Crippen LogP contribution in [0.2, 0.25) is 10.0 Å². The molecule has 1 nitrogen and oxygen atoms in total. The van der Waals surface area contributed by atoms with Crippen LogP contribution in [0.4, 0.5) is 0 Å². The van der Waals surface area contributed by atoms with E-state index in [9.17, 15) is 4.79 Å². The maximum absolute atomic E-state index is 10.4. The quantitative estimate of drug-likeness (QED) is 0.748. The maximum atomic E-state index is 10.4. The van der Waals surface area contributed by atoms with E-state index >= 15 is 0 Å². The van der Waals surface area contributed by atoms with Gasteiger partial charge in [0.25, 0.3) is 0 Å². The molecule has 2 aromatic rings. The van der Waals surface area contributed by atoms with Crippen LogP contribution in [0.3, 0.4) is 0 Å². The minimum Gasteiger partial charge on any atom is -0.303 e. The van der Waals surface area contributed by atoms with Gasteiger partial charge in [-0.3, -0.25) is 0 Å². The predicted octanol–water partition coefficient (Wildman–Crippen LogP) is 4.89. The lowest BCUT2D eigenvalue weighted by atomic mass is 10.2. The van der Waals surface area contributed by atoms with Gasteiger partial charge in [0.1, 0.15) is 6.29 Å². The standard InChI is InChI=1S/C14H10Cl2OS/c15-13-6-5-12(9-14(13)16)18-11-3-1-10(2-4-11)7-8-17/h1-6,8-9H,7H2. The van der Waals surface area contributed by atoms with E-state index in [4.69, 9.17) is 23.2 Å². The highest BCUT2D eigenvalue weighted by Crippen LogP contribution is 2.32. The maximum Gasteiger partial charge on any atom is 0.124 e. The van der Waals surface area contributed by atoms with Crippen molar-refractivity contribution in [3.8, 4) is 0 Å². The van der Waals surface area contributed by atoms with Crippen molar-refractivity contribution in [2.45, 2.75) is 16.2 Å². The van der Waals surface area contributed by atoms with Crippen LogP contribution in [0.15, 0.2) is 52.3 Å². The molecule has 0 aliphatic carbocycles. The first-order valence-corrected chi connectivity index (χ1v) is 6.92. The third-order valence-electron chi connectivity index (χ3n) is 2.37. The molecule has 0 saturated carbocycles. The Labute approximate surface area is 120 Å². The van der Waals surface area contributed by atoms with Crippen molar-refractivity contribution in [3.05, 3.63) is 58.1 Å². The van der Waals surface area contributed by atoms with Gasteiger partial charge >= 0.3 is 0 Å². The molecule has 92 valence electrons. The number of hydrogen-bond acceptors (Lipinski definition) is 2. The number of carbonyl (C=O) groups is 1. The van der Waals surface area contributed by atoms with Gasteiger partial charge in [0.2, 0.25) is 0 Å². The van der Waals surface area contributed by atoms with Crippen molar-refractivity contribution in [3.63, 3.8) is 0 Å². The summed E-state index contributed by atoms with van der Waals surface area (Å²) in [7, 11) is 0. The van der Waals surface area contributed by atoms with Gasteiger partial charge in [-0.25, -0.2) is 0 Å². The molecule has 0 spiro atoms. The molecule has 2 aromatic carbocycles. The summed E-state index contributed by atoms with van der Waals surface area (Å²) in [6.07, 6.45) is 1.36. The van der Waals surface area contributed by atoms with E-state index in [2.05, 4.69) is 0 Å². The molecule has 4 heteroatoms. The zero-order valence-electron chi connectivity index (χ0n) is 9.40. The molecule has 0 unspecified atom stereocenters. The Morgan fingerprint density at radius 3 is 2.22 bits per heavy atom. The van der Waals surface area contributed by atoms with Crippen LogP contribution in [-0.4, -0.2) is 6.29 Å². The van der Waals surface area contributed by atoms with E-state index in [1.807, 2.05) is 36.4 Å². The second kappa shape index (κ2) is 6.28. The number of hydrogen-bond donors (Lipinski definition) is 0.